The highest BCUT2D eigenvalue weighted by atomic mass is 35.5. The maximum absolute atomic E-state index is 12.4. The van der Waals surface area contributed by atoms with Crippen LogP contribution in [0, 0.1) is 4.64 Å². The summed E-state index contributed by atoms with van der Waals surface area (Å²) in [5.41, 5.74) is 0.383. The molecule has 0 bridgehead atoms. The highest BCUT2D eigenvalue weighted by molar-refractivity contribution is 7.71. The van der Waals surface area contributed by atoms with Crippen LogP contribution in [0.1, 0.15) is 5.56 Å². The predicted molar refractivity (Wildman–Crippen MR) is 64.9 cm³/mol. The fraction of sp³-hybridized carbons (Fsp3) is 0.0909. The van der Waals surface area contributed by atoms with E-state index >= 15 is 0 Å². The molecule has 0 amide bonds. The smallest absolute Gasteiger partial charge is 0.266 e. The number of halogens is 4. The van der Waals surface area contributed by atoms with Crippen LogP contribution in [0.3, 0.4) is 0 Å². The molecule has 0 saturated carbocycles. The van der Waals surface area contributed by atoms with E-state index in [1.165, 1.54) is 18.2 Å². The van der Waals surface area contributed by atoms with E-state index in [9.17, 15) is 13.2 Å². The predicted octanol–water partition coefficient (Wildman–Crippen LogP) is 4.48. The van der Waals surface area contributed by atoms with Crippen molar-refractivity contribution in [1.82, 2.24) is 10.2 Å². The molecule has 1 heterocycles. The van der Waals surface area contributed by atoms with Crippen LogP contribution in [0.15, 0.2) is 30.3 Å². The normalized spacial score (nSPS) is 11.6. The average molecular weight is 291 g/mol. The molecule has 2 aromatic rings. The molecule has 1 N–H and O–H groups in total. The van der Waals surface area contributed by atoms with Gasteiger partial charge < -0.3 is 0 Å². The van der Waals surface area contributed by atoms with Crippen LogP contribution in [-0.2, 0) is 6.18 Å². The van der Waals surface area contributed by atoms with Gasteiger partial charge in [0.05, 0.1) is 5.56 Å². The first kappa shape index (κ1) is 13.0. The summed E-state index contributed by atoms with van der Waals surface area (Å²) >= 11 is 10.7. The van der Waals surface area contributed by atoms with Crippen molar-refractivity contribution in [1.29, 1.82) is 0 Å². The third-order valence-electron chi connectivity index (χ3n) is 2.30. The van der Waals surface area contributed by atoms with Gasteiger partial charge in [-0.05, 0) is 23.8 Å². The zero-order valence-corrected chi connectivity index (χ0v) is 10.3. The fourth-order valence-corrected chi connectivity index (χ4v) is 1.81. The van der Waals surface area contributed by atoms with Gasteiger partial charge >= 0.3 is 6.18 Å². The zero-order chi connectivity index (χ0) is 13.3. The minimum Gasteiger partial charge on any atom is -0.266 e. The molecule has 1 aromatic heterocycles. The number of aromatic nitrogens is 2. The lowest BCUT2D eigenvalue weighted by atomic mass is 10.1. The van der Waals surface area contributed by atoms with E-state index in [0.717, 1.165) is 12.1 Å². The van der Waals surface area contributed by atoms with Gasteiger partial charge in [0.15, 0.2) is 0 Å². The SMILES string of the molecule is FC(F)(F)c1ccc(-c2cc(Cl)n[nH]c2=S)cc1. The monoisotopic (exact) mass is 290 g/mol. The molecule has 2 nitrogen and oxygen atoms in total. The number of hydrogen-bond acceptors (Lipinski definition) is 2. The first-order chi connectivity index (χ1) is 8.38. The molecule has 0 aliphatic heterocycles. The Bertz CT molecular complexity index is 619. The molecule has 0 aliphatic carbocycles. The first-order valence-electron chi connectivity index (χ1n) is 4.81. The minimum absolute atomic E-state index is 0.193. The van der Waals surface area contributed by atoms with Crippen LogP contribution >= 0.6 is 23.8 Å². The number of H-pyrrole nitrogens is 1. The van der Waals surface area contributed by atoms with Crippen molar-refractivity contribution in [2.24, 2.45) is 0 Å². The summed E-state index contributed by atoms with van der Waals surface area (Å²) in [6, 6.07) is 6.19. The lowest BCUT2D eigenvalue weighted by Crippen LogP contribution is -2.04. The van der Waals surface area contributed by atoms with E-state index in [1.807, 2.05) is 0 Å². The molecule has 0 unspecified atom stereocenters. The number of nitrogens with one attached hydrogen (secondary N) is 1. The van der Waals surface area contributed by atoms with Crippen molar-refractivity contribution in [3.63, 3.8) is 0 Å². The standard InChI is InChI=1S/C11H6ClF3N2S/c12-9-5-8(10(18)17-16-9)6-1-3-7(4-2-6)11(13,14)15/h1-5H,(H,17,18). The first-order valence-corrected chi connectivity index (χ1v) is 5.59. The number of rotatable bonds is 1. The number of hydrogen-bond donors (Lipinski definition) is 1. The third kappa shape index (κ3) is 2.70. The van der Waals surface area contributed by atoms with Crippen LogP contribution < -0.4 is 0 Å². The third-order valence-corrected chi connectivity index (χ3v) is 2.80. The van der Waals surface area contributed by atoms with Crippen LogP contribution in [0.25, 0.3) is 11.1 Å². The van der Waals surface area contributed by atoms with Crippen molar-refractivity contribution in [2.45, 2.75) is 6.18 Å². The van der Waals surface area contributed by atoms with Gasteiger partial charge in [0, 0.05) is 5.56 Å². The molecule has 1 aromatic carbocycles. The lowest BCUT2D eigenvalue weighted by Gasteiger charge is -2.07. The van der Waals surface area contributed by atoms with Gasteiger partial charge in [-0.3, -0.25) is 5.10 Å². The second-order valence-corrected chi connectivity index (χ2v) is 4.30. The average Bonchev–Trinajstić information content (AvgIpc) is 2.31. The van der Waals surface area contributed by atoms with Crippen molar-refractivity contribution in [3.8, 4) is 11.1 Å². The van der Waals surface area contributed by atoms with E-state index < -0.39 is 11.7 Å². The van der Waals surface area contributed by atoms with Gasteiger partial charge in [-0.15, -0.1) is 0 Å². The van der Waals surface area contributed by atoms with Crippen molar-refractivity contribution >= 4 is 23.8 Å². The Balaban J connectivity index is 2.47. The Labute approximate surface area is 110 Å². The molecule has 94 valence electrons. The molecule has 7 heteroatoms. The summed E-state index contributed by atoms with van der Waals surface area (Å²) in [5, 5.41) is 6.39. The van der Waals surface area contributed by atoms with Crippen LogP contribution in [0.2, 0.25) is 5.15 Å². The molecule has 0 saturated heterocycles. The topological polar surface area (TPSA) is 28.7 Å². The summed E-state index contributed by atoms with van der Waals surface area (Å²) in [5.74, 6) is 0. The van der Waals surface area contributed by atoms with Crippen molar-refractivity contribution < 1.29 is 13.2 Å². The van der Waals surface area contributed by atoms with Crippen LogP contribution in [0.5, 0.6) is 0 Å². The van der Waals surface area contributed by atoms with Crippen molar-refractivity contribution in [2.75, 3.05) is 0 Å². The van der Waals surface area contributed by atoms with E-state index in [2.05, 4.69) is 10.2 Å². The number of aromatic amines is 1. The maximum Gasteiger partial charge on any atom is 0.416 e. The van der Waals surface area contributed by atoms with E-state index in [1.54, 1.807) is 0 Å². The summed E-state index contributed by atoms with van der Waals surface area (Å²) in [4.78, 5) is 0. The highest BCUT2D eigenvalue weighted by Crippen LogP contribution is 2.31. The molecule has 2 rings (SSSR count). The molecule has 0 fully saturated rings. The van der Waals surface area contributed by atoms with E-state index in [4.69, 9.17) is 23.8 Å². The number of alkyl halides is 3. The maximum atomic E-state index is 12.4. The molecule has 18 heavy (non-hydrogen) atoms. The highest BCUT2D eigenvalue weighted by Gasteiger charge is 2.29. The summed E-state index contributed by atoms with van der Waals surface area (Å²) < 4.78 is 37.5. The molecule has 0 atom stereocenters. The Morgan fingerprint density at radius 1 is 1.17 bits per heavy atom. The molecule has 0 spiro atoms. The van der Waals surface area contributed by atoms with Gasteiger partial charge in [-0.25, -0.2) is 0 Å². The quantitative estimate of drug-likeness (QED) is 0.785. The van der Waals surface area contributed by atoms with Gasteiger partial charge in [-0.2, -0.15) is 18.3 Å². The minimum atomic E-state index is -4.35. The Hall–Kier alpha value is -1.40. The molecular formula is C11H6ClF3N2S. The van der Waals surface area contributed by atoms with Crippen molar-refractivity contribution in [3.05, 3.63) is 45.7 Å². The summed E-state index contributed by atoms with van der Waals surface area (Å²) in [6.07, 6.45) is -4.35. The van der Waals surface area contributed by atoms with Gasteiger partial charge in [0.1, 0.15) is 9.79 Å². The van der Waals surface area contributed by atoms with Crippen LogP contribution in [0.4, 0.5) is 13.2 Å². The zero-order valence-electron chi connectivity index (χ0n) is 8.75. The molecule has 0 aliphatic rings. The Morgan fingerprint density at radius 3 is 2.33 bits per heavy atom. The van der Waals surface area contributed by atoms with Gasteiger partial charge in [-0.1, -0.05) is 36.0 Å². The molecule has 0 radical (unpaired) electrons. The van der Waals surface area contributed by atoms with E-state index in [0.29, 0.717) is 15.8 Å². The lowest BCUT2D eigenvalue weighted by molar-refractivity contribution is -0.137. The Kier molecular flexibility index (Phi) is 3.41. The van der Waals surface area contributed by atoms with Gasteiger partial charge in [0.2, 0.25) is 0 Å². The summed E-state index contributed by atoms with van der Waals surface area (Å²) in [6.45, 7) is 0. The second kappa shape index (κ2) is 4.70. The molecular weight excluding hydrogens is 285 g/mol. The van der Waals surface area contributed by atoms with E-state index in [-0.39, 0.29) is 5.15 Å². The van der Waals surface area contributed by atoms with Crippen LogP contribution in [-0.4, -0.2) is 10.2 Å². The fourth-order valence-electron chi connectivity index (χ4n) is 1.43. The van der Waals surface area contributed by atoms with Gasteiger partial charge in [0.25, 0.3) is 0 Å². The number of benzene rings is 1. The summed E-state index contributed by atoms with van der Waals surface area (Å²) in [7, 11) is 0. The Morgan fingerprint density at radius 2 is 1.78 bits per heavy atom. The second-order valence-electron chi connectivity index (χ2n) is 3.51. The number of nitrogens with zero attached hydrogens (tertiary/aromatic N) is 1. The largest absolute Gasteiger partial charge is 0.416 e.